The molecular weight excluding hydrogens is 258 g/mol. The molecule has 1 atom stereocenters. The molecule has 0 aliphatic rings. The Bertz CT molecular complexity index is 239. The normalized spacial score (nSPS) is 14.9. The van der Waals surface area contributed by atoms with Crippen LogP contribution in [0.4, 0.5) is 26.3 Å². The van der Waals surface area contributed by atoms with Crippen molar-refractivity contribution in [2.45, 2.75) is 38.0 Å². The van der Waals surface area contributed by atoms with Crippen LogP contribution in [0.25, 0.3) is 0 Å². The second-order valence-electron chi connectivity index (χ2n) is 2.99. The largest absolute Gasteiger partial charge is 0.425 e. The van der Waals surface area contributed by atoms with E-state index in [4.69, 9.17) is 0 Å². The molecule has 0 aliphatic heterocycles. The molecule has 0 aromatic rings. The standard InChI is InChI=1S/C8H10F6OS/c1-2-5(15)16-4-3-7(10,11)6(9)8(12,13)14/h6H,2-4H2,1H3. The average Bonchev–Trinajstić information content (AvgIpc) is 2.14. The molecule has 0 saturated carbocycles. The lowest BCUT2D eigenvalue weighted by Crippen LogP contribution is -2.42. The third-order valence-electron chi connectivity index (χ3n) is 1.65. The van der Waals surface area contributed by atoms with Gasteiger partial charge in [0.05, 0.1) is 0 Å². The second kappa shape index (κ2) is 5.79. The average molecular weight is 268 g/mol. The topological polar surface area (TPSA) is 17.1 Å². The summed E-state index contributed by atoms with van der Waals surface area (Å²) in [5.74, 6) is -5.02. The second-order valence-corrected chi connectivity index (χ2v) is 4.14. The summed E-state index contributed by atoms with van der Waals surface area (Å²) in [7, 11) is 0. The molecule has 0 fully saturated rings. The maximum absolute atomic E-state index is 12.6. The zero-order valence-electron chi connectivity index (χ0n) is 8.28. The van der Waals surface area contributed by atoms with Crippen molar-refractivity contribution in [3.8, 4) is 0 Å². The van der Waals surface area contributed by atoms with Crippen LogP contribution in [0.3, 0.4) is 0 Å². The molecule has 16 heavy (non-hydrogen) atoms. The first kappa shape index (κ1) is 15.6. The molecule has 1 nitrogen and oxygen atoms in total. The molecule has 0 aromatic heterocycles. The molecule has 1 unspecified atom stereocenters. The van der Waals surface area contributed by atoms with Crippen LogP contribution in [0.15, 0.2) is 0 Å². The molecule has 0 N–H and O–H groups in total. The Balaban J connectivity index is 4.19. The molecule has 96 valence electrons. The zero-order valence-corrected chi connectivity index (χ0v) is 9.10. The van der Waals surface area contributed by atoms with Crippen LogP contribution in [0.1, 0.15) is 19.8 Å². The maximum Gasteiger partial charge on any atom is 0.425 e. The smallest absolute Gasteiger partial charge is 0.287 e. The summed E-state index contributed by atoms with van der Waals surface area (Å²) < 4.78 is 72.6. The fraction of sp³-hybridized carbons (Fsp3) is 0.875. The molecule has 0 heterocycles. The van der Waals surface area contributed by atoms with Gasteiger partial charge in [0.1, 0.15) is 0 Å². The van der Waals surface area contributed by atoms with Gasteiger partial charge in [-0.05, 0) is 0 Å². The van der Waals surface area contributed by atoms with E-state index in [1.807, 2.05) is 0 Å². The van der Waals surface area contributed by atoms with Crippen molar-refractivity contribution in [2.75, 3.05) is 5.75 Å². The Kier molecular flexibility index (Phi) is 5.64. The van der Waals surface area contributed by atoms with E-state index in [9.17, 15) is 31.1 Å². The Morgan fingerprint density at radius 2 is 1.75 bits per heavy atom. The predicted molar refractivity (Wildman–Crippen MR) is 48.3 cm³/mol. The highest BCUT2D eigenvalue weighted by molar-refractivity contribution is 8.13. The summed E-state index contributed by atoms with van der Waals surface area (Å²) in [5, 5.41) is -0.418. The highest BCUT2D eigenvalue weighted by Gasteiger charge is 2.56. The van der Waals surface area contributed by atoms with Crippen LogP contribution < -0.4 is 0 Å². The van der Waals surface area contributed by atoms with E-state index < -0.39 is 35.6 Å². The minimum atomic E-state index is -5.58. The van der Waals surface area contributed by atoms with Crippen LogP contribution >= 0.6 is 11.8 Å². The molecule has 8 heteroatoms. The van der Waals surface area contributed by atoms with Gasteiger partial charge in [0.2, 0.25) is 0 Å². The number of alkyl halides is 6. The number of rotatable bonds is 5. The SMILES string of the molecule is CCC(=O)SCCC(F)(F)C(F)C(F)(F)F. The maximum atomic E-state index is 12.6. The molecular formula is C8H10F6OS. The third kappa shape index (κ3) is 5.09. The Morgan fingerprint density at radius 1 is 1.25 bits per heavy atom. The van der Waals surface area contributed by atoms with Gasteiger partial charge in [-0.25, -0.2) is 13.2 Å². The predicted octanol–water partition coefficient (Wildman–Crippen LogP) is 3.58. The summed E-state index contributed by atoms with van der Waals surface area (Å²) in [6.45, 7) is 1.49. The molecule has 0 radical (unpaired) electrons. The first-order valence-corrected chi connectivity index (χ1v) is 5.34. The summed E-state index contributed by atoms with van der Waals surface area (Å²) in [6, 6.07) is 0. The van der Waals surface area contributed by atoms with Crippen LogP contribution in [0, 0.1) is 0 Å². The molecule has 0 saturated heterocycles. The van der Waals surface area contributed by atoms with Crippen LogP contribution in [-0.2, 0) is 4.79 Å². The first-order valence-electron chi connectivity index (χ1n) is 4.35. The van der Waals surface area contributed by atoms with Crippen molar-refractivity contribution < 1.29 is 31.1 Å². The molecule has 0 spiro atoms. The van der Waals surface area contributed by atoms with E-state index in [-0.39, 0.29) is 6.42 Å². The third-order valence-corrected chi connectivity index (χ3v) is 2.66. The number of carbonyl (C=O) groups is 1. The number of hydrogen-bond donors (Lipinski definition) is 0. The number of hydrogen-bond acceptors (Lipinski definition) is 2. The molecule has 0 amide bonds. The lowest BCUT2D eigenvalue weighted by molar-refractivity contribution is -0.244. The van der Waals surface area contributed by atoms with Gasteiger partial charge in [-0.3, -0.25) is 4.79 Å². The van der Waals surface area contributed by atoms with E-state index in [2.05, 4.69) is 0 Å². The van der Waals surface area contributed by atoms with Gasteiger partial charge in [-0.15, -0.1) is 0 Å². The summed E-state index contributed by atoms with van der Waals surface area (Å²) >= 11 is 0.478. The van der Waals surface area contributed by atoms with Crippen molar-refractivity contribution in [3.63, 3.8) is 0 Å². The van der Waals surface area contributed by atoms with Crippen molar-refractivity contribution >= 4 is 16.9 Å². The number of carbonyl (C=O) groups excluding carboxylic acids is 1. The van der Waals surface area contributed by atoms with E-state index in [1.54, 1.807) is 0 Å². The fourth-order valence-corrected chi connectivity index (χ4v) is 1.58. The van der Waals surface area contributed by atoms with Gasteiger partial charge in [-0.1, -0.05) is 18.7 Å². The quantitative estimate of drug-likeness (QED) is 0.709. The Labute approximate surface area is 92.6 Å². The van der Waals surface area contributed by atoms with Gasteiger partial charge in [0.25, 0.3) is 12.1 Å². The summed E-state index contributed by atoms with van der Waals surface area (Å²) in [4.78, 5) is 10.7. The van der Waals surface area contributed by atoms with Gasteiger partial charge >= 0.3 is 6.18 Å². The van der Waals surface area contributed by atoms with Gasteiger partial charge in [-0.2, -0.15) is 13.2 Å². The van der Waals surface area contributed by atoms with Crippen LogP contribution in [0.5, 0.6) is 0 Å². The molecule has 0 bridgehead atoms. The van der Waals surface area contributed by atoms with Crippen molar-refractivity contribution in [3.05, 3.63) is 0 Å². The van der Waals surface area contributed by atoms with E-state index >= 15 is 0 Å². The minimum absolute atomic E-state index is 0.0918. The highest BCUT2D eigenvalue weighted by Crippen LogP contribution is 2.37. The lowest BCUT2D eigenvalue weighted by Gasteiger charge is -2.22. The van der Waals surface area contributed by atoms with E-state index in [0.29, 0.717) is 11.8 Å². The van der Waals surface area contributed by atoms with Gasteiger partial charge in [0, 0.05) is 18.6 Å². The number of thioether (sulfide) groups is 1. The summed E-state index contributed by atoms with van der Waals surface area (Å²) in [5.41, 5.74) is 0. The fourth-order valence-electron chi connectivity index (χ4n) is 0.769. The highest BCUT2D eigenvalue weighted by atomic mass is 32.2. The van der Waals surface area contributed by atoms with Gasteiger partial charge < -0.3 is 0 Å². The molecule has 0 aliphatic carbocycles. The van der Waals surface area contributed by atoms with E-state index in [0.717, 1.165) is 0 Å². The van der Waals surface area contributed by atoms with Crippen LogP contribution in [-0.4, -0.2) is 29.1 Å². The van der Waals surface area contributed by atoms with Crippen LogP contribution in [0.2, 0.25) is 0 Å². The van der Waals surface area contributed by atoms with Crippen molar-refractivity contribution in [1.29, 1.82) is 0 Å². The summed E-state index contributed by atoms with van der Waals surface area (Å²) in [6.07, 6.45) is -11.0. The van der Waals surface area contributed by atoms with Crippen molar-refractivity contribution in [2.24, 2.45) is 0 Å². The Morgan fingerprint density at radius 3 is 2.12 bits per heavy atom. The first-order chi connectivity index (χ1) is 7.11. The monoisotopic (exact) mass is 268 g/mol. The zero-order chi connectivity index (χ0) is 13.0. The van der Waals surface area contributed by atoms with Crippen molar-refractivity contribution in [1.82, 2.24) is 0 Å². The minimum Gasteiger partial charge on any atom is -0.287 e. The Hall–Kier alpha value is -0.400. The van der Waals surface area contributed by atoms with Gasteiger partial charge in [0.15, 0.2) is 5.12 Å². The number of halogens is 6. The molecule has 0 aromatic carbocycles. The molecule has 0 rings (SSSR count). The lowest BCUT2D eigenvalue weighted by atomic mass is 10.1. The van der Waals surface area contributed by atoms with E-state index in [1.165, 1.54) is 6.92 Å².